The smallest absolute Gasteiger partial charge is 0.308 e. The number of ether oxygens (including phenoxy) is 2. The highest BCUT2D eigenvalue weighted by Gasteiger charge is 2.21. The number of nitrogens with one attached hydrogen (secondary N) is 1. The van der Waals surface area contributed by atoms with Crippen LogP contribution in [0.5, 0.6) is 5.75 Å². The highest BCUT2D eigenvalue weighted by Crippen LogP contribution is 2.16. The van der Waals surface area contributed by atoms with Gasteiger partial charge in [0.05, 0.1) is 25.7 Å². The van der Waals surface area contributed by atoms with Gasteiger partial charge >= 0.3 is 5.97 Å². The van der Waals surface area contributed by atoms with Crippen molar-refractivity contribution in [2.75, 3.05) is 19.0 Å². The van der Waals surface area contributed by atoms with Crippen molar-refractivity contribution in [2.24, 2.45) is 5.73 Å². The number of carbonyl (C=O) groups excluding carboxylic acids is 2. The third kappa shape index (κ3) is 6.97. The predicted molar refractivity (Wildman–Crippen MR) is 82.7 cm³/mol. The molecule has 0 saturated heterocycles. The van der Waals surface area contributed by atoms with Crippen LogP contribution in [0.2, 0.25) is 0 Å². The monoisotopic (exact) mass is 316 g/mol. The Hall–Kier alpha value is -1.79. The Morgan fingerprint density at radius 3 is 2.29 bits per heavy atom. The molecule has 0 aliphatic carbocycles. The topological polar surface area (TPSA) is 90.6 Å². The SMILES string of the molecule is COC(=O)CCOc1ccc(NC(=O)C(C)(C)N)cc1.Cl. The van der Waals surface area contributed by atoms with Crippen molar-refractivity contribution in [3.05, 3.63) is 24.3 Å². The summed E-state index contributed by atoms with van der Waals surface area (Å²) < 4.78 is 9.87. The maximum atomic E-state index is 11.7. The number of nitrogens with two attached hydrogens (primary N) is 1. The lowest BCUT2D eigenvalue weighted by Gasteiger charge is -2.17. The van der Waals surface area contributed by atoms with Gasteiger partial charge in [0, 0.05) is 5.69 Å². The van der Waals surface area contributed by atoms with Crippen LogP contribution in [0, 0.1) is 0 Å². The quantitative estimate of drug-likeness (QED) is 0.780. The summed E-state index contributed by atoms with van der Waals surface area (Å²) in [6.45, 7) is 3.51. The number of methoxy groups -OCH3 is 1. The minimum atomic E-state index is -0.935. The first-order chi connectivity index (χ1) is 9.32. The van der Waals surface area contributed by atoms with E-state index in [0.717, 1.165) is 0 Å². The zero-order chi connectivity index (χ0) is 15.2. The van der Waals surface area contributed by atoms with Crippen LogP contribution < -0.4 is 15.8 Å². The Kier molecular flexibility index (Phi) is 7.76. The second-order valence-electron chi connectivity index (χ2n) is 4.87. The van der Waals surface area contributed by atoms with Crippen LogP contribution in [0.15, 0.2) is 24.3 Å². The van der Waals surface area contributed by atoms with Gasteiger partial charge in [-0.25, -0.2) is 0 Å². The van der Waals surface area contributed by atoms with E-state index in [0.29, 0.717) is 11.4 Å². The maximum absolute atomic E-state index is 11.7. The minimum absolute atomic E-state index is 0. The molecule has 3 N–H and O–H groups in total. The number of benzene rings is 1. The molecule has 118 valence electrons. The Morgan fingerprint density at radius 2 is 1.81 bits per heavy atom. The summed E-state index contributed by atoms with van der Waals surface area (Å²) >= 11 is 0. The lowest BCUT2D eigenvalue weighted by atomic mass is 10.1. The van der Waals surface area contributed by atoms with E-state index in [9.17, 15) is 9.59 Å². The van der Waals surface area contributed by atoms with E-state index in [4.69, 9.17) is 10.5 Å². The lowest BCUT2D eigenvalue weighted by Crippen LogP contribution is -2.45. The van der Waals surface area contributed by atoms with Gasteiger partial charge in [-0.05, 0) is 38.1 Å². The number of esters is 1. The largest absolute Gasteiger partial charge is 0.493 e. The molecule has 0 aliphatic heterocycles. The molecule has 0 aliphatic rings. The first-order valence-corrected chi connectivity index (χ1v) is 6.23. The van der Waals surface area contributed by atoms with Crippen LogP contribution in [0.25, 0.3) is 0 Å². The highest BCUT2D eigenvalue weighted by molar-refractivity contribution is 5.97. The summed E-state index contributed by atoms with van der Waals surface area (Å²) in [6, 6.07) is 6.82. The molecule has 0 radical (unpaired) electrons. The summed E-state index contributed by atoms with van der Waals surface area (Å²) in [5, 5.41) is 2.70. The van der Waals surface area contributed by atoms with E-state index in [1.54, 1.807) is 38.1 Å². The van der Waals surface area contributed by atoms with Gasteiger partial charge in [-0.3, -0.25) is 9.59 Å². The van der Waals surface area contributed by atoms with E-state index >= 15 is 0 Å². The van der Waals surface area contributed by atoms with Crippen LogP contribution in [-0.2, 0) is 14.3 Å². The number of rotatable bonds is 6. The molecular formula is C14H21ClN2O4. The lowest BCUT2D eigenvalue weighted by molar-refractivity contribution is -0.141. The zero-order valence-corrected chi connectivity index (χ0v) is 13.2. The molecule has 0 saturated carbocycles. The number of halogens is 1. The maximum Gasteiger partial charge on any atom is 0.308 e. The number of hydrogen-bond donors (Lipinski definition) is 2. The summed E-state index contributed by atoms with van der Waals surface area (Å²) in [4.78, 5) is 22.6. The van der Waals surface area contributed by atoms with Crippen LogP contribution in [-0.4, -0.2) is 31.1 Å². The number of amides is 1. The Labute approximate surface area is 130 Å². The minimum Gasteiger partial charge on any atom is -0.493 e. The molecule has 1 aromatic rings. The van der Waals surface area contributed by atoms with Gasteiger partial charge in [-0.2, -0.15) is 0 Å². The van der Waals surface area contributed by atoms with Crippen molar-refractivity contribution >= 4 is 30.0 Å². The Balaban J connectivity index is 0.00000400. The first kappa shape index (κ1) is 19.2. The Morgan fingerprint density at radius 1 is 1.24 bits per heavy atom. The van der Waals surface area contributed by atoms with Gasteiger partial charge in [0.15, 0.2) is 0 Å². The summed E-state index contributed by atoms with van der Waals surface area (Å²) in [5.74, 6) is 0.0230. The fourth-order valence-corrected chi connectivity index (χ4v) is 1.28. The van der Waals surface area contributed by atoms with Gasteiger partial charge in [-0.15, -0.1) is 12.4 Å². The molecule has 0 fully saturated rings. The molecule has 1 amide bonds. The number of carbonyl (C=O) groups is 2. The van der Waals surface area contributed by atoms with E-state index in [1.807, 2.05) is 0 Å². The van der Waals surface area contributed by atoms with Gasteiger partial charge in [0.25, 0.3) is 0 Å². The van der Waals surface area contributed by atoms with Gasteiger partial charge in [0.1, 0.15) is 5.75 Å². The molecule has 21 heavy (non-hydrogen) atoms. The van der Waals surface area contributed by atoms with Crippen LogP contribution in [0.4, 0.5) is 5.69 Å². The normalized spacial score (nSPS) is 10.3. The van der Waals surface area contributed by atoms with Gasteiger partial charge < -0.3 is 20.5 Å². The molecule has 1 rings (SSSR count). The van der Waals surface area contributed by atoms with Crippen LogP contribution >= 0.6 is 12.4 Å². The van der Waals surface area contributed by atoms with Crippen molar-refractivity contribution in [2.45, 2.75) is 25.8 Å². The summed E-state index contributed by atoms with van der Waals surface area (Å²) in [5.41, 5.74) is 5.38. The van der Waals surface area contributed by atoms with Crippen LogP contribution in [0.3, 0.4) is 0 Å². The van der Waals surface area contributed by atoms with Crippen LogP contribution in [0.1, 0.15) is 20.3 Å². The molecule has 0 aromatic heterocycles. The fourth-order valence-electron chi connectivity index (χ4n) is 1.28. The number of hydrogen-bond acceptors (Lipinski definition) is 5. The average molecular weight is 317 g/mol. The molecule has 0 unspecified atom stereocenters. The van der Waals surface area contributed by atoms with E-state index < -0.39 is 5.54 Å². The van der Waals surface area contributed by atoms with E-state index in [-0.39, 0.29) is 37.3 Å². The first-order valence-electron chi connectivity index (χ1n) is 6.23. The summed E-state index contributed by atoms with van der Waals surface area (Å²) in [7, 11) is 1.33. The second kappa shape index (κ2) is 8.49. The fraction of sp³-hybridized carbons (Fsp3) is 0.429. The number of anilines is 1. The van der Waals surface area contributed by atoms with Crippen molar-refractivity contribution in [1.82, 2.24) is 0 Å². The molecular weight excluding hydrogens is 296 g/mol. The standard InChI is InChI=1S/C14H20N2O4.ClH/c1-14(2,15)13(18)16-10-4-6-11(7-5-10)20-9-8-12(17)19-3;/h4-7H,8-9,15H2,1-3H3,(H,16,18);1H. The van der Waals surface area contributed by atoms with E-state index in [2.05, 4.69) is 10.1 Å². The van der Waals surface area contributed by atoms with Gasteiger partial charge in [-0.1, -0.05) is 0 Å². The average Bonchev–Trinajstić information content (AvgIpc) is 2.39. The second-order valence-corrected chi connectivity index (χ2v) is 4.87. The third-order valence-electron chi connectivity index (χ3n) is 2.50. The highest BCUT2D eigenvalue weighted by atomic mass is 35.5. The summed E-state index contributed by atoms with van der Waals surface area (Å²) in [6.07, 6.45) is 0.191. The predicted octanol–water partition coefficient (Wildman–Crippen LogP) is 1.73. The molecule has 0 spiro atoms. The van der Waals surface area contributed by atoms with Crippen molar-refractivity contribution in [3.8, 4) is 5.75 Å². The molecule has 6 nitrogen and oxygen atoms in total. The van der Waals surface area contributed by atoms with Crippen molar-refractivity contribution < 1.29 is 19.1 Å². The molecule has 0 atom stereocenters. The molecule has 7 heteroatoms. The Bertz CT molecular complexity index is 469. The van der Waals surface area contributed by atoms with Crippen molar-refractivity contribution in [1.29, 1.82) is 0 Å². The molecule has 0 bridgehead atoms. The van der Waals surface area contributed by atoms with Crippen molar-refractivity contribution in [3.63, 3.8) is 0 Å². The van der Waals surface area contributed by atoms with E-state index in [1.165, 1.54) is 7.11 Å². The third-order valence-corrected chi connectivity index (χ3v) is 2.50. The molecule has 1 aromatic carbocycles. The zero-order valence-electron chi connectivity index (χ0n) is 12.3. The molecule has 0 heterocycles. The van der Waals surface area contributed by atoms with Gasteiger partial charge in [0.2, 0.25) is 5.91 Å².